The maximum Gasteiger partial charge on any atom is 0.219 e. The monoisotopic (exact) mass is 265 g/mol. The largest absolute Gasteiger partial charge is 0.481 e. The summed E-state index contributed by atoms with van der Waals surface area (Å²) in [5.74, 6) is 0.452. The van der Waals surface area contributed by atoms with Crippen molar-refractivity contribution in [2.24, 2.45) is 0 Å². The summed E-state index contributed by atoms with van der Waals surface area (Å²) < 4.78 is 5.20. The molecule has 100 valence electrons. The Balaban J connectivity index is 2.05. The van der Waals surface area contributed by atoms with Crippen LogP contribution in [0.3, 0.4) is 0 Å². The Morgan fingerprint density at radius 1 is 1.00 bits per heavy atom. The summed E-state index contributed by atoms with van der Waals surface area (Å²) in [4.78, 5) is 4.12. The van der Waals surface area contributed by atoms with Crippen molar-refractivity contribution in [1.29, 1.82) is 0 Å². The van der Waals surface area contributed by atoms with E-state index in [0.717, 1.165) is 16.3 Å². The fraction of sp³-hybridized carbons (Fsp3) is 0.118. The Morgan fingerprint density at radius 2 is 1.80 bits per heavy atom. The second-order valence-electron chi connectivity index (χ2n) is 4.61. The van der Waals surface area contributed by atoms with E-state index in [1.54, 1.807) is 19.4 Å². The van der Waals surface area contributed by atoms with Crippen molar-refractivity contribution in [2.75, 3.05) is 7.11 Å². The Kier molecular flexibility index (Phi) is 3.35. The maximum absolute atomic E-state index is 10.5. The van der Waals surface area contributed by atoms with Crippen LogP contribution in [0.4, 0.5) is 0 Å². The number of aliphatic hydroxyl groups is 1. The molecular formula is C17H15NO2. The van der Waals surface area contributed by atoms with Crippen molar-refractivity contribution in [3.05, 3.63) is 71.9 Å². The number of pyridine rings is 1. The summed E-state index contributed by atoms with van der Waals surface area (Å²) >= 11 is 0. The predicted molar refractivity (Wildman–Crippen MR) is 78.8 cm³/mol. The lowest BCUT2D eigenvalue weighted by atomic mass is 9.99. The van der Waals surface area contributed by atoms with E-state index in [-0.39, 0.29) is 0 Å². The SMILES string of the molecule is COc1ncccc1C(O)c1ccc2ccccc2c1. The second-order valence-corrected chi connectivity index (χ2v) is 4.61. The highest BCUT2D eigenvalue weighted by atomic mass is 16.5. The van der Waals surface area contributed by atoms with Crippen LogP contribution in [-0.4, -0.2) is 17.2 Å². The number of hydrogen-bond acceptors (Lipinski definition) is 3. The summed E-state index contributed by atoms with van der Waals surface area (Å²) in [7, 11) is 1.55. The molecule has 0 aliphatic rings. The van der Waals surface area contributed by atoms with Crippen molar-refractivity contribution in [2.45, 2.75) is 6.10 Å². The van der Waals surface area contributed by atoms with Gasteiger partial charge in [0.25, 0.3) is 0 Å². The van der Waals surface area contributed by atoms with Crippen molar-refractivity contribution >= 4 is 10.8 Å². The third-order valence-corrected chi connectivity index (χ3v) is 3.38. The topological polar surface area (TPSA) is 42.4 Å². The molecule has 0 amide bonds. The number of hydrogen-bond donors (Lipinski definition) is 1. The molecule has 20 heavy (non-hydrogen) atoms. The van der Waals surface area contributed by atoms with Gasteiger partial charge in [0, 0.05) is 11.8 Å². The molecule has 2 aromatic carbocycles. The molecule has 1 unspecified atom stereocenters. The molecular weight excluding hydrogens is 250 g/mol. The number of methoxy groups -OCH3 is 1. The minimum Gasteiger partial charge on any atom is -0.481 e. The summed E-state index contributed by atoms with van der Waals surface area (Å²) in [6, 6.07) is 17.6. The van der Waals surface area contributed by atoms with Gasteiger partial charge < -0.3 is 9.84 Å². The molecule has 3 nitrogen and oxygen atoms in total. The van der Waals surface area contributed by atoms with Gasteiger partial charge in [-0.15, -0.1) is 0 Å². The van der Waals surface area contributed by atoms with Crippen LogP contribution in [0.2, 0.25) is 0 Å². The fourth-order valence-corrected chi connectivity index (χ4v) is 2.34. The molecule has 1 atom stereocenters. The molecule has 3 rings (SSSR count). The average molecular weight is 265 g/mol. The minimum atomic E-state index is -0.747. The highest BCUT2D eigenvalue weighted by Crippen LogP contribution is 2.29. The second kappa shape index (κ2) is 5.31. The molecule has 3 aromatic rings. The smallest absolute Gasteiger partial charge is 0.219 e. The van der Waals surface area contributed by atoms with Crippen molar-refractivity contribution in [1.82, 2.24) is 4.98 Å². The first-order valence-electron chi connectivity index (χ1n) is 6.45. The van der Waals surface area contributed by atoms with Crippen LogP contribution < -0.4 is 4.74 Å². The first-order chi connectivity index (χ1) is 9.79. The number of benzene rings is 2. The quantitative estimate of drug-likeness (QED) is 0.790. The van der Waals surface area contributed by atoms with E-state index in [4.69, 9.17) is 4.74 Å². The summed E-state index contributed by atoms with van der Waals surface area (Å²) in [5, 5.41) is 12.8. The molecule has 1 aromatic heterocycles. The number of aromatic nitrogens is 1. The molecule has 0 saturated heterocycles. The third kappa shape index (κ3) is 2.24. The van der Waals surface area contributed by atoms with Gasteiger partial charge in [-0.25, -0.2) is 4.98 Å². The maximum atomic E-state index is 10.5. The molecule has 0 radical (unpaired) electrons. The third-order valence-electron chi connectivity index (χ3n) is 3.38. The van der Waals surface area contributed by atoms with E-state index < -0.39 is 6.10 Å². The van der Waals surface area contributed by atoms with E-state index in [0.29, 0.717) is 11.4 Å². The van der Waals surface area contributed by atoms with Gasteiger partial charge in [0.15, 0.2) is 0 Å². The molecule has 1 heterocycles. The Morgan fingerprint density at radius 3 is 2.60 bits per heavy atom. The number of nitrogens with zero attached hydrogens (tertiary/aromatic N) is 1. The van der Waals surface area contributed by atoms with Crippen LogP contribution >= 0.6 is 0 Å². The zero-order valence-electron chi connectivity index (χ0n) is 11.2. The molecule has 0 aliphatic carbocycles. The first-order valence-corrected chi connectivity index (χ1v) is 6.45. The lowest BCUT2D eigenvalue weighted by Crippen LogP contribution is -2.03. The van der Waals surface area contributed by atoms with Gasteiger partial charge in [-0.1, -0.05) is 36.4 Å². The van der Waals surface area contributed by atoms with E-state index in [1.165, 1.54) is 0 Å². The molecule has 0 spiro atoms. The molecule has 0 fully saturated rings. The molecule has 1 N–H and O–H groups in total. The zero-order chi connectivity index (χ0) is 13.9. The number of rotatable bonds is 3. The zero-order valence-corrected chi connectivity index (χ0v) is 11.2. The van der Waals surface area contributed by atoms with Gasteiger partial charge in [-0.3, -0.25) is 0 Å². The van der Waals surface area contributed by atoms with E-state index >= 15 is 0 Å². The predicted octanol–water partition coefficient (Wildman–Crippen LogP) is 3.33. The van der Waals surface area contributed by atoms with E-state index in [9.17, 15) is 5.11 Å². The lowest BCUT2D eigenvalue weighted by molar-refractivity contribution is 0.213. The fourth-order valence-electron chi connectivity index (χ4n) is 2.34. The van der Waals surface area contributed by atoms with Crippen molar-refractivity contribution in [3.63, 3.8) is 0 Å². The first kappa shape index (κ1) is 12.6. The van der Waals surface area contributed by atoms with Crippen LogP contribution in [0.25, 0.3) is 10.8 Å². The van der Waals surface area contributed by atoms with Crippen LogP contribution in [0.1, 0.15) is 17.2 Å². The van der Waals surface area contributed by atoms with Gasteiger partial charge in [0.2, 0.25) is 5.88 Å². The Labute approximate surface area is 117 Å². The van der Waals surface area contributed by atoms with Crippen LogP contribution in [-0.2, 0) is 0 Å². The Hall–Kier alpha value is -2.39. The lowest BCUT2D eigenvalue weighted by Gasteiger charge is -2.14. The summed E-state index contributed by atoms with van der Waals surface area (Å²) in [6.07, 6.45) is 0.901. The van der Waals surface area contributed by atoms with Gasteiger partial charge in [0.1, 0.15) is 6.10 Å². The summed E-state index contributed by atoms with van der Waals surface area (Å²) in [6.45, 7) is 0. The van der Waals surface area contributed by atoms with E-state index in [1.807, 2.05) is 42.5 Å². The number of aliphatic hydroxyl groups excluding tert-OH is 1. The average Bonchev–Trinajstić information content (AvgIpc) is 2.53. The van der Waals surface area contributed by atoms with E-state index in [2.05, 4.69) is 11.1 Å². The minimum absolute atomic E-state index is 0.452. The highest BCUT2D eigenvalue weighted by molar-refractivity contribution is 5.83. The standard InChI is InChI=1S/C17H15NO2/c1-20-17-15(7-4-10-18-17)16(19)14-9-8-12-5-2-3-6-13(12)11-14/h2-11,16,19H,1H3. The molecule has 3 heteroatoms. The molecule has 0 bridgehead atoms. The highest BCUT2D eigenvalue weighted by Gasteiger charge is 2.16. The van der Waals surface area contributed by atoms with Crippen molar-refractivity contribution in [3.8, 4) is 5.88 Å². The van der Waals surface area contributed by atoms with Gasteiger partial charge in [-0.05, 0) is 34.5 Å². The Bertz CT molecular complexity index is 740. The normalized spacial score (nSPS) is 12.3. The van der Waals surface area contributed by atoms with Crippen LogP contribution in [0.5, 0.6) is 5.88 Å². The summed E-state index contributed by atoms with van der Waals surface area (Å²) in [5.41, 5.74) is 1.50. The van der Waals surface area contributed by atoms with Crippen LogP contribution in [0, 0.1) is 0 Å². The van der Waals surface area contributed by atoms with Crippen LogP contribution in [0.15, 0.2) is 60.8 Å². The number of fused-ring (bicyclic) bond motifs is 1. The van der Waals surface area contributed by atoms with Gasteiger partial charge >= 0.3 is 0 Å². The number of ether oxygens (including phenoxy) is 1. The molecule has 0 saturated carbocycles. The van der Waals surface area contributed by atoms with Crippen molar-refractivity contribution < 1.29 is 9.84 Å². The van der Waals surface area contributed by atoms with Gasteiger partial charge in [0.05, 0.1) is 7.11 Å². The molecule has 0 aliphatic heterocycles. The van der Waals surface area contributed by atoms with Gasteiger partial charge in [-0.2, -0.15) is 0 Å².